The fraction of sp³-hybridized carbons (Fsp3) is 0.333. The van der Waals surface area contributed by atoms with E-state index in [0.717, 1.165) is 16.7 Å². The zero-order valence-corrected chi connectivity index (χ0v) is 25.8. The summed E-state index contributed by atoms with van der Waals surface area (Å²) in [5.74, 6) is -3.85. The maximum Gasteiger partial charge on any atom is 0.341 e. The second-order valence-corrected chi connectivity index (χ2v) is 12.4. The van der Waals surface area contributed by atoms with Crippen LogP contribution >= 0.6 is 11.8 Å². The molecule has 0 aliphatic rings. The average molecular weight is 622 g/mol. The van der Waals surface area contributed by atoms with E-state index < -0.39 is 52.7 Å². The van der Waals surface area contributed by atoms with Crippen molar-refractivity contribution in [1.29, 1.82) is 0 Å². The third-order valence-electron chi connectivity index (χ3n) is 6.82. The summed E-state index contributed by atoms with van der Waals surface area (Å²) in [6.07, 6.45) is -0.492. The number of nitrogens with one attached hydrogen (secondary N) is 1. The van der Waals surface area contributed by atoms with Gasteiger partial charge in [0.15, 0.2) is 0 Å². The number of benzene rings is 3. The highest BCUT2D eigenvalue weighted by molar-refractivity contribution is 8.00. The van der Waals surface area contributed by atoms with Gasteiger partial charge in [-0.1, -0.05) is 91.0 Å². The molecular formula is C33H39N3O7S. The van der Waals surface area contributed by atoms with Crippen LogP contribution in [0.5, 0.6) is 0 Å². The fourth-order valence-electron chi connectivity index (χ4n) is 4.73. The Balaban J connectivity index is 2.12. The van der Waals surface area contributed by atoms with Crippen LogP contribution in [0.3, 0.4) is 0 Å². The predicted octanol–water partition coefficient (Wildman–Crippen LogP) is 4.03. The van der Waals surface area contributed by atoms with Crippen molar-refractivity contribution in [1.82, 2.24) is 10.4 Å². The first-order valence-electron chi connectivity index (χ1n) is 14.1. The van der Waals surface area contributed by atoms with Gasteiger partial charge in [0.1, 0.15) is 18.6 Å². The Kier molecular flexibility index (Phi) is 12.1. The number of aliphatic carboxylic acids is 2. The Hall–Kier alpha value is -4.19. The van der Waals surface area contributed by atoms with Crippen molar-refractivity contribution in [3.05, 3.63) is 108 Å². The Morgan fingerprint density at radius 2 is 1.27 bits per heavy atom. The van der Waals surface area contributed by atoms with Crippen LogP contribution in [0.2, 0.25) is 0 Å². The minimum absolute atomic E-state index is 0.0546. The van der Waals surface area contributed by atoms with E-state index in [9.17, 15) is 24.3 Å². The van der Waals surface area contributed by atoms with Crippen LogP contribution in [0.1, 0.15) is 50.3 Å². The lowest BCUT2D eigenvalue weighted by Gasteiger charge is -2.41. The zero-order valence-electron chi connectivity index (χ0n) is 25.0. The lowest BCUT2D eigenvalue weighted by Crippen LogP contribution is -2.58. The van der Waals surface area contributed by atoms with E-state index in [1.165, 1.54) is 16.8 Å². The SMILES string of the molecule is CC(C)(C)N(OC(=O)[C@@H](N)CCC(=O)O)[C@H](CSC(c1ccccc1)(c1ccccc1)c1ccccc1)C(=O)NCC(=O)O. The third kappa shape index (κ3) is 8.91. The molecule has 3 aromatic rings. The highest BCUT2D eigenvalue weighted by Gasteiger charge is 2.43. The minimum Gasteiger partial charge on any atom is -0.481 e. The van der Waals surface area contributed by atoms with Gasteiger partial charge in [0.05, 0.1) is 4.75 Å². The molecule has 1 amide bonds. The minimum atomic E-state index is -1.25. The van der Waals surface area contributed by atoms with Crippen LogP contribution in [-0.4, -0.2) is 69.0 Å². The number of hydroxylamine groups is 2. The smallest absolute Gasteiger partial charge is 0.341 e. The first-order chi connectivity index (χ1) is 20.9. The Morgan fingerprint density at radius 3 is 1.66 bits per heavy atom. The molecule has 0 aliphatic heterocycles. The highest BCUT2D eigenvalue weighted by atomic mass is 32.2. The van der Waals surface area contributed by atoms with Crippen LogP contribution in [-0.2, 0) is 28.8 Å². The van der Waals surface area contributed by atoms with Crippen molar-refractivity contribution in [3.8, 4) is 0 Å². The summed E-state index contributed by atoms with van der Waals surface area (Å²) in [6.45, 7) is 4.59. The number of hydrogen-bond acceptors (Lipinski definition) is 8. The van der Waals surface area contributed by atoms with Crippen LogP contribution in [0.15, 0.2) is 91.0 Å². The molecule has 0 radical (unpaired) electrons. The van der Waals surface area contributed by atoms with Crippen molar-refractivity contribution >= 4 is 35.6 Å². The van der Waals surface area contributed by atoms with E-state index in [1.807, 2.05) is 91.0 Å². The molecule has 10 nitrogen and oxygen atoms in total. The van der Waals surface area contributed by atoms with Gasteiger partial charge in [-0.2, -0.15) is 0 Å². The molecule has 5 N–H and O–H groups in total. The Bertz CT molecular complexity index is 1300. The number of nitrogens with zero attached hydrogens (tertiary/aromatic N) is 1. The van der Waals surface area contributed by atoms with Gasteiger partial charge in [-0.25, -0.2) is 4.79 Å². The lowest BCUT2D eigenvalue weighted by atomic mass is 9.84. The van der Waals surface area contributed by atoms with E-state index in [0.29, 0.717) is 0 Å². The summed E-state index contributed by atoms with van der Waals surface area (Å²) >= 11 is 1.44. The van der Waals surface area contributed by atoms with Gasteiger partial charge in [-0.3, -0.25) is 14.4 Å². The van der Waals surface area contributed by atoms with Crippen LogP contribution in [0.4, 0.5) is 0 Å². The first-order valence-corrected chi connectivity index (χ1v) is 15.1. The van der Waals surface area contributed by atoms with Crippen LogP contribution in [0.25, 0.3) is 0 Å². The summed E-state index contributed by atoms with van der Waals surface area (Å²) in [6, 6.07) is 27.1. The Morgan fingerprint density at radius 1 is 0.818 bits per heavy atom. The predicted molar refractivity (Wildman–Crippen MR) is 169 cm³/mol. The largest absolute Gasteiger partial charge is 0.481 e. The topological polar surface area (TPSA) is 159 Å². The van der Waals surface area contributed by atoms with E-state index in [4.69, 9.17) is 15.7 Å². The van der Waals surface area contributed by atoms with E-state index in [-0.39, 0.29) is 18.6 Å². The number of nitrogens with two attached hydrogens (primary N) is 1. The van der Waals surface area contributed by atoms with Gasteiger partial charge in [0, 0.05) is 17.7 Å². The normalized spacial score (nSPS) is 13.1. The second kappa shape index (κ2) is 15.5. The van der Waals surface area contributed by atoms with Gasteiger partial charge in [-0.15, -0.1) is 16.8 Å². The molecule has 3 aromatic carbocycles. The Labute approximate surface area is 261 Å². The number of carboxylic acid groups (broad SMARTS) is 2. The molecule has 44 heavy (non-hydrogen) atoms. The molecule has 0 saturated heterocycles. The van der Waals surface area contributed by atoms with Gasteiger partial charge in [-0.05, 0) is 43.9 Å². The van der Waals surface area contributed by atoms with Gasteiger partial charge in [0.25, 0.3) is 0 Å². The quantitative estimate of drug-likeness (QED) is 0.144. The summed E-state index contributed by atoms with van der Waals surface area (Å²) in [7, 11) is 0. The summed E-state index contributed by atoms with van der Waals surface area (Å²) in [5.41, 5.74) is 7.85. The van der Waals surface area contributed by atoms with Crippen LogP contribution < -0.4 is 11.1 Å². The lowest BCUT2D eigenvalue weighted by molar-refractivity contribution is -0.228. The maximum atomic E-state index is 13.7. The molecule has 11 heteroatoms. The number of carbonyl (C=O) groups is 4. The van der Waals surface area contributed by atoms with Gasteiger partial charge >= 0.3 is 17.9 Å². The van der Waals surface area contributed by atoms with Crippen molar-refractivity contribution in [2.45, 2.75) is 56.0 Å². The molecule has 0 spiro atoms. The molecule has 0 unspecified atom stereocenters. The number of rotatable bonds is 15. The number of carboxylic acids is 2. The highest BCUT2D eigenvalue weighted by Crippen LogP contribution is 2.49. The second-order valence-electron chi connectivity index (χ2n) is 11.2. The van der Waals surface area contributed by atoms with Crippen molar-refractivity contribution in [3.63, 3.8) is 0 Å². The molecular weight excluding hydrogens is 582 g/mol. The molecule has 0 fully saturated rings. The summed E-state index contributed by atoms with van der Waals surface area (Å²) in [4.78, 5) is 54.9. The number of thioether (sulfide) groups is 1. The number of hydrogen-bond donors (Lipinski definition) is 4. The summed E-state index contributed by atoms with van der Waals surface area (Å²) in [5, 5.41) is 22.0. The first kappa shape index (κ1) is 34.3. The average Bonchev–Trinajstić information content (AvgIpc) is 3.00. The standard InChI is InChI=1S/C33H39N3O7S/c1-32(2,3)36(43-31(42)26(34)19-20-28(37)38)27(30(41)35-21-29(39)40)22-44-33(23-13-7-4-8-14-23,24-15-9-5-10-16-24)25-17-11-6-12-18-25/h4-18,26-27H,19-22,34H2,1-3H3,(H,35,41)(H,37,38)(H,39,40)/t26-,27+/m0/s1. The molecule has 0 aromatic heterocycles. The molecule has 0 saturated carbocycles. The van der Waals surface area contributed by atoms with Crippen LogP contribution in [0, 0.1) is 0 Å². The number of amides is 1. The van der Waals surface area contributed by atoms with E-state index >= 15 is 0 Å². The molecule has 3 rings (SSSR count). The van der Waals surface area contributed by atoms with E-state index in [2.05, 4.69) is 5.32 Å². The van der Waals surface area contributed by atoms with Gasteiger partial charge in [0.2, 0.25) is 5.91 Å². The molecule has 2 atom stereocenters. The summed E-state index contributed by atoms with van der Waals surface area (Å²) < 4.78 is -0.819. The van der Waals surface area contributed by atoms with Gasteiger partial charge < -0.3 is 26.1 Å². The van der Waals surface area contributed by atoms with Crippen molar-refractivity contribution in [2.75, 3.05) is 12.3 Å². The zero-order chi connectivity index (χ0) is 32.3. The van der Waals surface area contributed by atoms with E-state index in [1.54, 1.807) is 20.8 Å². The molecule has 0 bridgehead atoms. The third-order valence-corrected chi connectivity index (χ3v) is 8.44. The van der Waals surface area contributed by atoms with Crippen molar-refractivity contribution in [2.24, 2.45) is 5.73 Å². The number of carbonyl (C=O) groups excluding carboxylic acids is 2. The van der Waals surface area contributed by atoms with Crippen molar-refractivity contribution < 1.29 is 34.2 Å². The monoisotopic (exact) mass is 621 g/mol. The fourth-order valence-corrected chi connectivity index (χ4v) is 6.34. The maximum absolute atomic E-state index is 13.7. The molecule has 0 heterocycles. The molecule has 234 valence electrons. The molecule has 0 aliphatic carbocycles.